The number of benzene rings is 4. The van der Waals surface area contributed by atoms with Gasteiger partial charge in [-0.3, -0.25) is 41.0 Å². The SMILES string of the molecule is CC.CCO.C[C@H](NC(=O)c1nc(C#N)cnc1NCc1ccc(-c2cnc3n[nH]c(N)c3n2)cc1)c1ccc(F)c(F)c1.C[C@H](NC(=O)c1nc(C#N)cnc1NCc1ccc(B2OC(C)(C)C(C)(C)O2)cc1)c1ccc(F)c(F)c1.N#Cc1nc(Br)cnc1Cl.N#Cc1nc(Br)cnc1N.NN.Nc1[nH]nc2ncc(Br)nc12.Nc1[nH]nc2ncc(Br)nc12.Nc1ncc(Br)nc1Br.[2H]CF. The van der Waals surface area contributed by atoms with Crippen LogP contribution in [-0.4, -0.2) is 159 Å². The highest BCUT2D eigenvalue weighted by Crippen LogP contribution is 2.37. The van der Waals surface area contributed by atoms with Gasteiger partial charge in [-0.2, -0.15) is 36.3 Å². The van der Waals surface area contributed by atoms with Crippen LogP contribution in [0.5, 0.6) is 0 Å². The fraction of sp³-hybridized carbons (Fsp3) is 0.207. The molecule has 712 valence electrons. The molecule has 16 rings (SSSR count). The molecule has 1 aliphatic heterocycles. The lowest BCUT2D eigenvalue weighted by atomic mass is 9.79. The summed E-state index contributed by atoms with van der Waals surface area (Å²) in [6.45, 7) is 17.8. The number of aromatic nitrogens is 22. The van der Waals surface area contributed by atoms with Crippen molar-refractivity contribution in [2.24, 2.45) is 11.7 Å². The Bertz CT molecular complexity index is 6660. The van der Waals surface area contributed by atoms with Crippen molar-refractivity contribution in [2.45, 2.75) is 98.7 Å². The average molecular weight is 2290 g/mol. The Morgan fingerprint density at radius 2 is 0.876 bits per heavy atom. The number of halogens is 12. The monoisotopic (exact) mass is 2280 g/mol. The predicted molar refractivity (Wildman–Crippen MR) is 524 cm³/mol. The minimum absolute atomic E-state index is 0.0343. The minimum Gasteiger partial charge on any atom is -0.399 e. The number of nitrogens with zero attached hydrogens (tertiary/aromatic N) is 23. The van der Waals surface area contributed by atoms with Crippen LogP contribution < -0.4 is 67.1 Å². The number of nitriles is 4. The van der Waals surface area contributed by atoms with Gasteiger partial charge in [0.05, 0.1) is 87.1 Å². The van der Waals surface area contributed by atoms with Crippen molar-refractivity contribution in [3.8, 4) is 35.5 Å². The third-order valence-corrected chi connectivity index (χ3v) is 20.5. The molecule has 0 unspecified atom stereocenters. The second-order valence-electron chi connectivity index (χ2n) is 27.3. The fourth-order valence-corrected chi connectivity index (χ4v) is 12.5. The Morgan fingerprint density at radius 3 is 1.26 bits per heavy atom. The number of aliphatic hydroxyl groups excluding tert-OH is 1. The maximum atomic E-state index is 13.6. The van der Waals surface area contributed by atoms with Gasteiger partial charge in [0, 0.05) is 25.3 Å². The number of H-pyrrole nitrogens is 3. The number of nitrogen functional groups attached to an aromatic ring is 5. The van der Waals surface area contributed by atoms with Gasteiger partial charge < -0.3 is 64.4 Å². The Kier molecular flexibility index (Phi) is 43.9. The number of hydrogen-bond donors (Lipinski definition) is 15. The molecule has 2 atom stereocenters. The number of hydrogen-bond acceptors (Lipinski definition) is 37. The number of fused-ring (bicyclic) bond motifs is 3. The molecular weight excluding hydrogens is 2200 g/mol. The highest BCUT2D eigenvalue weighted by molar-refractivity contribution is 9.11. The maximum absolute atomic E-state index is 13.6. The van der Waals surface area contributed by atoms with Crippen molar-refractivity contribution in [3.05, 3.63) is 247 Å². The summed E-state index contributed by atoms with van der Waals surface area (Å²) in [5.74, 6) is 4.85. The maximum Gasteiger partial charge on any atom is 0.494 e. The normalized spacial score (nSPS) is 11.9. The lowest BCUT2D eigenvalue weighted by molar-refractivity contribution is 0.00578. The summed E-state index contributed by atoms with van der Waals surface area (Å²) in [5, 5.41) is 73.9. The predicted octanol–water partition coefficient (Wildman–Crippen LogP) is 13.5. The van der Waals surface area contributed by atoms with Crippen LogP contribution in [0.25, 0.3) is 44.7 Å². The molecule has 0 radical (unpaired) electrons. The largest absolute Gasteiger partial charge is 0.494 e. The van der Waals surface area contributed by atoms with E-state index in [1.807, 2.05) is 108 Å². The quantitative estimate of drug-likeness (QED) is 0.0208. The first-order valence-corrected chi connectivity index (χ1v) is 44.2. The molecule has 0 bridgehead atoms. The Balaban J connectivity index is 0.000000266. The third kappa shape index (κ3) is 32.7. The summed E-state index contributed by atoms with van der Waals surface area (Å²) in [6, 6.07) is 27.9. The first kappa shape index (κ1) is 110. The number of carbonyl (C=O) groups excluding carboxylic acids is 2. The summed E-state index contributed by atoms with van der Waals surface area (Å²) in [4.78, 5) is 90.1. The van der Waals surface area contributed by atoms with Crippen LogP contribution in [0, 0.1) is 68.6 Å². The molecule has 1 fully saturated rings. The number of amides is 2. The first-order chi connectivity index (χ1) is 65.8. The highest BCUT2D eigenvalue weighted by Gasteiger charge is 2.51. The molecule has 4 aromatic carbocycles. The van der Waals surface area contributed by atoms with E-state index in [1.54, 1.807) is 51.6 Å². The molecule has 0 spiro atoms. The Morgan fingerprint density at radius 1 is 0.511 bits per heavy atom. The number of anilines is 7. The van der Waals surface area contributed by atoms with E-state index in [4.69, 9.17) is 66.6 Å². The summed E-state index contributed by atoms with van der Waals surface area (Å²) in [5.41, 5.74) is 34.6. The molecule has 55 heteroatoms. The minimum atomic E-state index is -1.02. The molecule has 1 saturated heterocycles. The summed E-state index contributed by atoms with van der Waals surface area (Å²) in [6.07, 6.45) is 11.7. The topological polar surface area (TPSA) is 691 Å². The molecule has 42 nitrogen and oxygen atoms in total. The molecule has 1 aliphatic rings. The fourth-order valence-electron chi connectivity index (χ4n) is 10.4. The molecule has 0 saturated carbocycles. The first-order valence-electron chi connectivity index (χ1n) is 39.7. The number of nitrogens with two attached hydrogens (primary N) is 7. The van der Waals surface area contributed by atoms with Crippen LogP contribution in [0.15, 0.2) is 162 Å². The van der Waals surface area contributed by atoms with E-state index in [-0.39, 0.29) is 63.4 Å². The zero-order valence-electron chi connectivity index (χ0n) is 74.2. The molecule has 0 aliphatic carbocycles. The molecule has 11 aromatic heterocycles. The van der Waals surface area contributed by atoms with Gasteiger partial charge in [-0.25, -0.2) is 97.3 Å². The third-order valence-electron chi connectivity index (χ3n) is 17.7. The number of rotatable bonds is 14. The summed E-state index contributed by atoms with van der Waals surface area (Å²) in [7, 11) is -1.47. The lowest BCUT2D eigenvalue weighted by Gasteiger charge is -2.32. The van der Waals surface area contributed by atoms with Gasteiger partial charge in [0.25, 0.3) is 11.8 Å². The number of aliphatic hydroxyl groups is 1. The van der Waals surface area contributed by atoms with E-state index in [0.29, 0.717) is 114 Å². The van der Waals surface area contributed by atoms with Crippen LogP contribution >= 0.6 is 107 Å². The van der Waals surface area contributed by atoms with Crippen LogP contribution in [-0.2, 0) is 22.4 Å². The standard InChI is InChI=1S/C27H28BF2N5O3.C26H20F2N10O.C5HBrClN3.2C5H4BrN5.C5H3BrN4.C4H3Br2N3.C2H6O.C2H6.CH3F.H4N2/c1-16(18-8-11-21(29)22(30)12-18)34-25(36)23-24(33-15-20(13-31)35-23)32-14-17-6-9-19(10-7-17)28-37-26(2,3)27(4,5)38-28;1-13(16-6-7-18(27)19(28)8-16)34-26(39)22-24(32-11-17(9-29)35-22)31-10-14-2-4-15(5-3-14)20-12-33-25-21(36-20)23(30)37-38-25;6-4-2-9-5(7)3(1-8)10-4;2*6-2-1-8-5-3(9-2)4(7)10-11-5;6-4-2-9-5(8)3(1-7)10-4;5-2-1-8-4(7)3(6)9-2;1-2-3;3*1-2/h6-12,15-16H,14H2,1-5H3,(H,32,33)(H,34,36);2-8,11-13H,10H2,1H3,(H,31,32)(H,34,39)(H3,30,33,37,38);2H;2*1H,(H3,7,8,10,11);2H,(H2,8,9);1H,(H2,7,8);3H,2H2,1H3;1-2H3;1H3;1-2H2/t16-;13-;;;;;;;;;/m00........./s1/i;;;;;;;;;1D;. The van der Waals surface area contributed by atoms with Crippen molar-refractivity contribution in [3.63, 3.8) is 0 Å². The molecule has 22 N–H and O–H groups in total. The van der Waals surface area contributed by atoms with Gasteiger partial charge in [-0.15, -0.1) is 0 Å². The van der Waals surface area contributed by atoms with E-state index < -0.39 is 72.6 Å². The number of alkyl halides is 1. The van der Waals surface area contributed by atoms with Gasteiger partial charge >= 0.3 is 7.12 Å². The van der Waals surface area contributed by atoms with Gasteiger partial charge in [-0.05, 0) is 196 Å². The summed E-state index contributed by atoms with van der Waals surface area (Å²) < 4.78 is 85.1. The van der Waals surface area contributed by atoms with Crippen LogP contribution in [0.2, 0.25) is 5.15 Å². The van der Waals surface area contributed by atoms with Crippen LogP contribution in [0.3, 0.4) is 0 Å². The number of nitrogens with one attached hydrogen (secondary N) is 7. The molecule has 12 heterocycles. The highest BCUT2D eigenvalue weighted by atomic mass is 79.9. The van der Waals surface area contributed by atoms with Gasteiger partial charge in [0.15, 0.2) is 102 Å². The molecule has 137 heavy (non-hydrogen) atoms. The van der Waals surface area contributed by atoms with E-state index in [2.05, 4.69) is 239 Å². The van der Waals surface area contributed by atoms with Gasteiger partial charge in [-0.1, -0.05) is 86.1 Å². The van der Waals surface area contributed by atoms with E-state index in [9.17, 15) is 42.1 Å². The zero-order valence-corrected chi connectivity index (χ0v) is 83.5. The Labute approximate surface area is 834 Å². The number of aromatic amines is 3. The summed E-state index contributed by atoms with van der Waals surface area (Å²) >= 11 is 24.2. The second-order valence-corrected chi connectivity index (χ2v) is 32.5. The van der Waals surface area contributed by atoms with Gasteiger partial charge in [0.1, 0.15) is 69.3 Å². The zero-order chi connectivity index (χ0) is 102. The lowest BCUT2D eigenvalue weighted by Crippen LogP contribution is -2.41. The second kappa shape index (κ2) is 54.6. The molecule has 2 amide bonds. The van der Waals surface area contributed by atoms with Crippen LogP contribution in [0.4, 0.5) is 62.7 Å². The smallest absolute Gasteiger partial charge is 0.399 e. The van der Waals surface area contributed by atoms with Crippen molar-refractivity contribution in [1.82, 2.24) is 121 Å². The molecular formula is C82H82BBr6ClF5N37O5. The van der Waals surface area contributed by atoms with Gasteiger partial charge in [0.2, 0.25) is 16.9 Å². The van der Waals surface area contributed by atoms with Crippen molar-refractivity contribution in [1.29, 1.82) is 21.0 Å². The van der Waals surface area contributed by atoms with Crippen molar-refractivity contribution < 1.29 is 47.3 Å². The number of hydrazine groups is 1. The number of carbonyl (C=O) groups is 2. The van der Waals surface area contributed by atoms with Crippen molar-refractivity contribution in [2.75, 3.05) is 53.1 Å². The van der Waals surface area contributed by atoms with Crippen molar-refractivity contribution >= 4 is 206 Å². The van der Waals surface area contributed by atoms with E-state index in [1.165, 1.54) is 36.9 Å². The van der Waals surface area contributed by atoms with Crippen LogP contribution in [0.1, 0.15) is 142 Å². The average Bonchev–Trinajstić information content (AvgIpc) is 1.62. The molecule has 15 aromatic rings. The Hall–Kier alpha value is -13.9. The van der Waals surface area contributed by atoms with E-state index in [0.717, 1.165) is 46.4 Å². The van der Waals surface area contributed by atoms with E-state index >= 15 is 0 Å².